The molecule has 110 valence electrons. The summed E-state index contributed by atoms with van der Waals surface area (Å²) in [5.41, 5.74) is 0. The lowest BCUT2D eigenvalue weighted by Gasteiger charge is -2.03. The smallest absolute Gasteiger partial charge is 0.259 e. The minimum Gasteiger partial charge on any atom is -0.334 e. The van der Waals surface area contributed by atoms with Crippen LogP contribution in [0.2, 0.25) is 0 Å². The Bertz CT molecular complexity index is 485. The summed E-state index contributed by atoms with van der Waals surface area (Å²) in [6.45, 7) is 4.99. The minimum absolute atomic E-state index is 0.124. The van der Waals surface area contributed by atoms with Gasteiger partial charge in [0.15, 0.2) is 5.03 Å². The maximum absolute atomic E-state index is 12.0. The van der Waals surface area contributed by atoms with Crippen LogP contribution >= 0.6 is 22.6 Å². The molecule has 5 nitrogen and oxygen atoms in total. The van der Waals surface area contributed by atoms with Gasteiger partial charge in [0.25, 0.3) is 10.0 Å². The van der Waals surface area contributed by atoms with Crippen LogP contribution in [-0.2, 0) is 16.6 Å². The Morgan fingerprint density at radius 2 is 2.00 bits per heavy atom. The van der Waals surface area contributed by atoms with Crippen LogP contribution in [0.5, 0.6) is 0 Å². The number of alkyl halides is 1. The van der Waals surface area contributed by atoms with Gasteiger partial charge < -0.3 is 4.57 Å². The number of imidazole rings is 1. The van der Waals surface area contributed by atoms with Gasteiger partial charge in [-0.2, -0.15) is 0 Å². The quantitative estimate of drug-likeness (QED) is 0.394. The highest BCUT2D eigenvalue weighted by Gasteiger charge is 2.17. The van der Waals surface area contributed by atoms with E-state index < -0.39 is 10.0 Å². The molecule has 0 aliphatic carbocycles. The van der Waals surface area contributed by atoms with E-state index in [0.29, 0.717) is 6.54 Å². The lowest BCUT2D eigenvalue weighted by Crippen LogP contribution is -2.25. The molecular weight excluding hydrogens is 377 g/mol. The Labute approximate surface area is 129 Å². The Morgan fingerprint density at radius 1 is 1.32 bits per heavy atom. The van der Waals surface area contributed by atoms with Crippen molar-refractivity contribution in [3.63, 3.8) is 0 Å². The monoisotopic (exact) mass is 399 g/mol. The summed E-state index contributed by atoms with van der Waals surface area (Å²) in [5.74, 6) is 0.727. The van der Waals surface area contributed by atoms with Crippen LogP contribution in [0.15, 0.2) is 11.2 Å². The van der Waals surface area contributed by atoms with Crippen molar-refractivity contribution in [2.24, 2.45) is 0 Å². The number of hydrogen-bond donors (Lipinski definition) is 1. The highest BCUT2D eigenvalue weighted by Crippen LogP contribution is 2.09. The first-order valence-corrected chi connectivity index (χ1v) is 9.61. The van der Waals surface area contributed by atoms with Crippen LogP contribution in [0.25, 0.3) is 0 Å². The predicted molar refractivity (Wildman–Crippen MR) is 85.2 cm³/mol. The highest BCUT2D eigenvalue weighted by atomic mass is 127. The fourth-order valence-corrected chi connectivity index (χ4v) is 3.40. The molecule has 1 aromatic rings. The van der Waals surface area contributed by atoms with Crippen LogP contribution in [-0.4, -0.2) is 28.9 Å². The number of nitrogens with zero attached hydrogens (tertiary/aromatic N) is 2. The number of aromatic nitrogens is 2. The van der Waals surface area contributed by atoms with Crippen molar-refractivity contribution in [1.82, 2.24) is 14.3 Å². The number of halogens is 1. The molecule has 0 aromatic carbocycles. The predicted octanol–water partition coefficient (Wildman–Crippen LogP) is 2.49. The molecule has 0 unspecified atom stereocenters. The average molecular weight is 399 g/mol. The standard InChI is InChI=1S/C12H22IN3O2S/c1-3-16-10-12(15-11(16)2)19(17,18)14-9-7-5-4-6-8-13/h10,14H,3-9H2,1-2H3. The second kappa shape index (κ2) is 8.21. The average Bonchev–Trinajstić information content (AvgIpc) is 2.76. The van der Waals surface area contributed by atoms with E-state index in [4.69, 9.17) is 0 Å². The van der Waals surface area contributed by atoms with Gasteiger partial charge in [-0.05, 0) is 31.1 Å². The minimum atomic E-state index is -3.45. The molecule has 0 bridgehead atoms. The third kappa shape index (κ3) is 5.39. The zero-order valence-electron chi connectivity index (χ0n) is 11.5. The second-order valence-electron chi connectivity index (χ2n) is 4.41. The van der Waals surface area contributed by atoms with Gasteiger partial charge in [-0.15, -0.1) is 0 Å². The fraction of sp³-hybridized carbons (Fsp3) is 0.750. The fourth-order valence-electron chi connectivity index (χ4n) is 1.78. The van der Waals surface area contributed by atoms with Gasteiger partial charge in [-0.1, -0.05) is 35.4 Å². The van der Waals surface area contributed by atoms with Crippen LogP contribution in [0, 0.1) is 6.92 Å². The van der Waals surface area contributed by atoms with Gasteiger partial charge in [-0.3, -0.25) is 0 Å². The summed E-state index contributed by atoms with van der Waals surface area (Å²) in [7, 11) is -3.45. The van der Waals surface area contributed by atoms with Gasteiger partial charge in [-0.25, -0.2) is 18.1 Å². The zero-order valence-corrected chi connectivity index (χ0v) is 14.5. The molecule has 1 aromatic heterocycles. The van der Waals surface area contributed by atoms with Crippen molar-refractivity contribution in [3.05, 3.63) is 12.0 Å². The van der Waals surface area contributed by atoms with Crippen molar-refractivity contribution < 1.29 is 8.42 Å². The van der Waals surface area contributed by atoms with E-state index in [1.165, 1.54) is 6.42 Å². The second-order valence-corrected chi connectivity index (χ2v) is 7.21. The number of sulfonamides is 1. The summed E-state index contributed by atoms with van der Waals surface area (Å²) < 4.78 is 29.6. The van der Waals surface area contributed by atoms with Crippen molar-refractivity contribution in [2.45, 2.75) is 51.1 Å². The van der Waals surface area contributed by atoms with E-state index in [0.717, 1.165) is 36.1 Å². The number of hydrogen-bond acceptors (Lipinski definition) is 3. The van der Waals surface area contributed by atoms with Crippen molar-refractivity contribution in [2.75, 3.05) is 11.0 Å². The largest absolute Gasteiger partial charge is 0.334 e. The molecule has 1 rings (SSSR count). The number of aryl methyl sites for hydroxylation is 2. The van der Waals surface area contributed by atoms with Crippen molar-refractivity contribution >= 4 is 32.6 Å². The van der Waals surface area contributed by atoms with Crippen molar-refractivity contribution in [1.29, 1.82) is 0 Å². The molecule has 19 heavy (non-hydrogen) atoms. The first-order chi connectivity index (χ1) is 9.01. The molecule has 0 aliphatic rings. The lowest BCUT2D eigenvalue weighted by atomic mass is 10.2. The topological polar surface area (TPSA) is 64.0 Å². The molecule has 0 amide bonds. The highest BCUT2D eigenvalue weighted by molar-refractivity contribution is 14.1. The van der Waals surface area contributed by atoms with Crippen molar-refractivity contribution in [3.8, 4) is 0 Å². The molecule has 0 fully saturated rings. The number of nitrogens with one attached hydrogen (secondary N) is 1. The van der Waals surface area contributed by atoms with E-state index in [1.807, 2.05) is 18.4 Å². The molecule has 0 aliphatic heterocycles. The maximum Gasteiger partial charge on any atom is 0.259 e. The molecule has 1 N–H and O–H groups in total. The van der Waals surface area contributed by atoms with Crippen LogP contribution in [0.1, 0.15) is 38.4 Å². The molecular formula is C12H22IN3O2S. The molecule has 0 atom stereocenters. The van der Waals surface area contributed by atoms with Gasteiger partial charge >= 0.3 is 0 Å². The summed E-state index contributed by atoms with van der Waals surface area (Å²) in [6, 6.07) is 0. The SMILES string of the molecule is CCn1cc(S(=O)(=O)NCCCCCCI)nc1C. The van der Waals surface area contributed by atoms with Gasteiger partial charge in [0.2, 0.25) is 0 Å². The Balaban J connectivity index is 2.47. The van der Waals surface area contributed by atoms with Crippen LogP contribution in [0.3, 0.4) is 0 Å². The summed E-state index contributed by atoms with van der Waals surface area (Å²) in [5, 5.41) is 0.124. The molecule has 0 saturated heterocycles. The Morgan fingerprint density at radius 3 is 2.58 bits per heavy atom. The molecule has 1 heterocycles. The van der Waals surface area contributed by atoms with Gasteiger partial charge in [0, 0.05) is 19.3 Å². The maximum atomic E-state index is 12.0. The van der Waals surface area contributed by atoms with Crippen LogP contribution in [0.4, 0.5) is 0 Å². The Hall–Kier alpha value is -0.150. The van der Waals surface area contributed by atoms with Gasteiger partial charge in [0.1, 0.15) is 5.82 Å². The first kappa shape index (κ1) is 16.9. The number of rotatable bonds is 9. The normalized spacial score (nSPS) is 11.9. The molecule has 0 spiro atoms. The molecule has 7 heteroatoms. The summed E-state index contributed by atoms with van der Waals surface area (Å²) in [4.78, 5) is 4.09. The zero-order chi connectivity index (χ0) is 14.3. The van der Waals surface area contributed by atoms with Gasteiger partial charge in [0.05, 0.1) is 0 Å². The van der Waals surface area contributed by atoms with Crippen LogP contribution < -0.4 is 4.72 Å². The third-order valence-corrected chi connectivity index (χ3v) is 5.02. The Kier molecular flexibility index (Phi) is 7.30. The summed E-state index contributed by atoms with van der Waals surface area (Å²) in [6.07, 6.45) is 5.90. The summed E-state index contributed by atoms with van der Waals surface area (Å²) >= 11 is 2.36. The number of unbranched alkanes of at least 4 members (excludes halogenated alkanes) is 3. The lowest BCUT2D eigenvalue weighted by molar-refractivity contribution is 0.570. The van der Waals surface area contributed by atoms with E-state index in [2.05, 4.69) is 32.3 Å². The molecule has 0 saturated carbocycles. The van der Waals surface area contributed by atoms with E-state index >= 15 is 0 Å². The van der Waals surface area contributed by atoms with E-state index in [1.54, 1.807) is 6.20 Å². The molecule has 0 radical (unpaired) electrons. The first-order valence-electron chi connectivity index (χ1n) is 6.60. The van der Waals surface area contributed by atoms with E-state index in [9.17, 15) is 8.42 Å². The third-order valence-electron chi connectivity index (χ3n) is 2.92. The van der Waals surface area contributed by atoms with E-state index in [-0.39, 0.29) is 5.03 Å².